The number of aryl methyl sites for hydroxylation is 1. The van der Waals surface area contributed by atoms with Gasteiger partial charge in [-0.3, -0.25) is 0 Å². The number of hydrogen-bond acceptors (Lipinski definition) is 2. The van der Waals surface area contributed by atoms with Crippen LogP contribution in [0.25, 0.3) is 0 Å². The van der Waals surface area contributed by atoms with E-state index in [-0.39, 0.29) is 11.5 Å². The normalized spacial score (nSPS) is 11.4. The van der Waals surface area contributed by atoms with Crippen LogP contribution in [0.2, 0.25) is 0 Å². The van der Waals surface area contributed by atoms with E-state index in [1.165, 1.54) is 83.1 Å². The largest absolute Gasteiger partial charge is 0.504 e. The van der Waals surface area contributed by atoms with Crippen LogP contribution in [-0.2, 0) is 6.42 Å². The first kappa shape index (κ1) is 21.6. The average Bonchev–Trinajstić information content (AvgIpc) is 2.61. The van der Waals surface area contributed by atoms with Crippen LogP contribution in [0.3, 0.4) is 0 Å². The first-order chi connectivity index (χ1) is 12.3. The SMILES string of the molecule is CCCCCCCC/C=C/CCCCCCCc1cccc(O)c1O. The molecule has 1 aromatic carbocycles. The molecular weight excluding hydrogens is 308 g/mol. The first-order valence-corrected chi connectivity index (χ1v) is 10.4. The summed E-state index contributed by atoms with van der Waals surface area (Å²) >= 11 is 0. The fourth-order valence-electron chi connectivity index (χ4n) is 3.17. The molecule has 0 heterocycles. The maximum Gasteiger partial charge on any atom is 0.160 e. The molecule has 2 N–H and O–H groups in total. The van der Waals surface area contributed by atoms with Crippen molar-refractivity contribution in [3.05, 3.63) is 35.9 Å². The number of para-hydroxylation sites is 1. The highest BCUT2D eigenvalue weighted by atomic mass is 16.3. The van der Waals surface area contributed by atoms with Crippen LogP contribution < -0.4 is 0 Å². The highest BCUT2D eigenvalue weighted by Crippen LogP contribution is 2.29. The van der Waals surface area contributed by atoms with E-state index >= 15 is 0 Å². The number of unbranched alkanes of at least 4 members (excludes halogenated alkanes) is 11. The minimum atomic E-state index is -0.00903. The van der Waals surface area contributed by atoms with E-state index in [4.69, 9.17) is 0 Å². The molecule has 2 heteroatoms. The second-order valence-electron chi connectivity index (χ2n) is 7.12. The quantitative estimate of drug-likeness (QED) is 0.199. The molecule has 0 aromatic heterocycles. The highest BCUT2D eigenvalue weighted by molar-refractivity contribution is 5.44. The molecule has 0 bridgehead atoms. The molecule has 0 saturated carbocycles. The summed E-state index contributed by atoms with van der Waals surface area (Å²) in [5.41, 5.74) is 0.859. The second-order valence-corrected chi connectivity index (χ2v) is 7.12. The van der Waals surface area contributed by atoms with Gasteiger partial charge in [-0.05, 0) is 50.2 Å². The molecule has 0 spiro atoms. The maximum absolute atomic E-state index is 9.76. The summed E-state index contributed by atoms with van der Waals surface area (Å²) in [6, 6.07) is 5.21. The summed E-state index contributed by atoms with van der Waals surface area (Å²) in [5.74, 6) is 0.0447. The first-order valence-electron chi connectivity index (χ1n) is 10.4. The molecule has 0 aliphatic carbocycles. The second kappa shape index (κ2) is 14.9. The lowest BCUT2D eigenvalue weighted by molar-refractivity contribution is 0.398. The van der Waals surface area contributed by atoms with Crippen molar-refractivity contribution in [3.8, 4) is 11.5 Å². The molecule has 0 fully saturated rings. The van der Waals surface area contributed by atoms with Crippen LogP contribution in [0.4, 0.5) is 0 Å². The Morgan fingerprint density at radius 3 is 1.92 bits per heavy atom. The van der Waals surface area contributed by atoms with Crippen molar-refractivity contribution in [2.45, 2.75) is 96.8 Å². The molecule has 0 atom stereocenters. The van der Waals surface area contributed by atoms with Gasteiger partial charge in [-0.1, -0.05) is 82.6 Å². The Labute approximate surface area is 155 Å². The van der Waals surface area contributed by atoms with Crippen molar-refractivity contribution in [1.29, 1.82) is 0 Å². The van der Waals surface area contributed by atoms with E-state index in [0.29, 0.717) is 0 Å². The Morgan fingerprint density at radius 2 is 1.28 bits per heavy atom. The third kappa shape index (κ3) is 10.9. The number of aromatic hydroxyl groups is 2. The molecule has 0 saturated heterocycles. The molecule has 1 aromatic rings. The Kier molecular flexibility index (Phi) is 12.8. The lowest BCUT2D eigenvalue weighted by Crippen LogP contribution is -1.87. The monoisotopic (exact) mass is 346 g/mol. The van der Waals surface area contributed by atoms with E-state index in [1.54, 1.807) is 6.07 Å². The van der Waals surface area contributed by atoms with Gasteiger partial charge in [0.2, 0.25) is 0 Å². The number of allylic oxidation sites excluding steroid dienone is 2. The molecule has 0 amide bonds. The third-order valence-corrected chi connectivity index (χ3v) is 4.81. The molecule has 2 nitrogen and oxygen atoms in total. The van der Waals surface area contributed by atoms with Gasteiger partial charge in [0.15, 0.2) is 11.5 Å². The predicted octanol–water partition coefficient (Wildman–Crippen LogP) is 7.29. The number of benzene rings is 1. The molecule has 0 aliphatic rings. The van der Waals surface area contributed by atoms with Crippen LogP contribution >= 0.6 is 0 Å². The van der Waals surface area contributed by atoms with Gasteiger partial charge in [0.25, 0.3) is 0 Å². The Hall–Kier alpha value is -1.44. The standard InChI is InChI=1S/C23H38O2/c1-2-3-4-5-6-7-8-9-10-11-12-13-14-15-16-18-21-19-17-20-22(24)23(21)25/h9-10,17,19-20,24-25H,2-8,11-16,18H2,1H3/b10-9+. The summed E-state index contributed by atoms with van der Waals surface area (Å²) < 4.78 is 0. The molecule has 142 valence electrons. The molecule has 0 unspecified atom stereocenters. The van der Waals surface area contributed by atoms with Gasteiger partial charge in [-0.2, -0.15) is 0 Å². The van der Waals surface area contributed by atoms with E-state index < -0.39 is 0 Å². The van der Waals surface area contributed by atoms with E-state index in [2.05, 4.69) is 19.1 Å². The third-order valence-electron chi connectivity index (χ3n) is 4.81. The topological polar surface area (TPSA) is 40.5 Å². The van der Waals surface area contributed by atoms with Crippen LogP contribution in [0.1, 0.15) is 96.0 Å². The van der Waals surface area contributed by atoms with Gasteiger partial charge in [-0.25, -0.2) is 0 Å². The average molecular weight is 347 g/mol. The lowest BCUT2D eigenvalue weighted by atomic mass is 10.0. The van der Waals surface area contributed by atoms with Crippen LogP contribution in [0.5, 0.6) is 11.5 Å². The fourth-order valence-corrected chi connectivity index (χ4v) is 3.17. The molecule has 0 aliphatic heterocycles. The van der Waals surface area contributed by atoms with Crippen molar-refractivity contribution >= 4 is 0 Å². The summed E-state index contributed by atoms with van der Waals surface area (Å²) in [7, 11) is 0. The van der Waals surface area contributed by atoms with Crippen LogP contribution in [0, 0.1) is 0 Å². The van der Waals surface area contributed by atoms with Gasteiger partial charge in [0.05, 0.1) is 0 Å². The van der Waals surface area contributed by atoms with Crippen LogP contribution in [0.15, 0.2) is 30.4 Å². The van der Waals surface area contributed by atoms with Crippen molar-refractivity contribution in [2.24, 2.45) is 0 Å². The molecule has 1 rings (SSSR count). The molecular formula is C23H38O2. The summed E-state index contributed by atoms with van der Waals surface area (Å²) in [6.07, 6.45) is 22.4. The summed E-state index contributed by atoms with van der Waals surface area (Å²) in [4.78, 5) is 0. The number of phenols is 2. The van der Waals surface area contributed by atoms with Gasteiger partial charge >= 0.3 is 0 Å². The van der Waals surface area contributed by atoms with Gasteiger partial charge < -0.3 is 10.2 Å². The van der Waals surface area contributed by atoms with E-state index in [1.807, 2.05) is 6.07 Å². The van der Waals surface area contributed by atoms with Crippen LogP contribution in [-0.4, -0.2) is 10.2 Å². The number of phenolic OH excluding ortho intramolecular Hbond substituents is 2. The smallest absolute Gasteiger partial charge is 0.160 e. The van der Waals surface area contributed by atoms with Crippen molar-refractivity contribution in [1.82, 2.24) is 0 Å². The molecule has 0 radical (unpaired) electrons. The predicted molar refractivity (Wildman–Crippen MR) is 108 cm³/mol. The van der Waals surface area contributed by atoms with Crippen molar-refractivity contribution < 1.29 is 10.2 Å². The van der Waals surface area contributed by atoms with E-state index in [0.717, 1.165) is 18.4 Å². The van der Waals surface area contributed by atoms with Crippen molar-refractivity contribution in [3.63, 3.8) is 0 Å². The van der Waals surface area contributed by atoms with Gasteiger partial charge in [-0.15, -0.1) is 0 Å². The Balaban J connectivity index is 1.89. The van der Waals surface area contributed by atoms with E-state index in [9.17, 15) is 10.2 Å². The lowest BCUT2D eigenvalue weighted by Gasteiger charge is -2.05. The highest BCUT2D eigenvalue weighted by Gasteiger charge is 2.04. The Morgan fingerprint density at radius 1 is 0.720 bits per heavy atom. The fraction of sp³-hybridized carbons (Fsp3) is 0.652. The minimum Gasteiger partial charge on any atom is -0.504 e. The number of rotatable bonds is 15. The molecule has 25 heavy (non-hydrogen) atoms. The summed E-state index contributed by atoms with van der Waals surface area (Å²) in [6.45, 7) is 2.27. The zero-order valence-electron chi connectivity index (χ0n) is 16.2. The van der Waals surface area contributed by atoms with Crippen molar-refractivity contribution in [2.75, 3.05) is 0 Å². The minimum absolute atomic E-state index is 0.00903. The zero-order chi connectivity index (χ0) is 18.2. The Bertz CT molecular complexity index is 465. The van der Waals surface area contributed by atoms with Gasteiger partial charge in [0, 0.05) is 0 Å². The zero-order valence-corrected chi connectivity index (χ0v) is 16.2. The summed E-state index contributed by atoms with van der Waals surface area (Å²) in [5, 5.41) is 19.2. The van der Waals surface area contributed by atoms with Gasteiger partial charge in [0.1, 0.15) is 0 Å². The number of hydrogen-bond donors (Lipinski definition) is 2. The maximum atomic E-state index is 9.76.